The quantitative estimate of drug-likeness (QED) is 0.775. The Morgan fingerprint density at radius 3 is 2.78 bits per heavy atom. The van der Waals surface area contributed by atoms with Crippen molar-refractivity contribution in [3.05, 3.63) is 30.1 Å². The average molecular weight is 250 g/mol. The molecule has 1 fully saturated rings. The number of nitrogens with zero attached hydrogens (tertiary/aromatic N) is 1. The van der Waals surface area contributed by atoms with Gasteiger partial charge in [-0.3, -0.25) is 14.6 Å². The zero-order valence-corrected chi connectivity index (χ0v) is 9.70. The summed E-state index contributed by atoms with van der Waals surface area (Å²) in [7, 11) is 0. The normalized spacial score (nSPS) is 22.7. The van der Waals surface area contributed by atoms with Crippen LogP contribution in [0.1, 0.15) is 5.56 Å². The van der Waals surface area contributed by atoms with Gasteiger partial charge in [-0.2, -0.15) is 0 Å². The Bertz CT molecular complexity index is 435. The molecule has 1 aliphatic rings. The van der Waals surface area contributed by atoms with E-state index in [2.05, 4.69) is 10.3 Å². The zero-order valence-electron chi connectivity index (χ0n) is 9.70. The number of carbonyl (C=O) groups is 2. The first kappa shape index (κ1) is 12.5. The minimum absolute atomic E-state index is 0.148. The number of carbonyl (C=O) groups excluding carboxylic acids is 1. The summed E-state index contributed by atoms with van der Waals surface area (Å²) in [6.45, 7) is 0.397. The summed E-state index contributed by atoms with van der Waals surface area (Å²) in [5.41, 5.74) is 0.841. The third-order valence-electron chi connectivity index (χ3n) is 2.86. The van der Waals surface area contributed by atoms with Crippen LogP contribution in [0.15, 0.2) is 24.5 Å². The van der Waals surface area contributed by atoms with Gasteiger partial charge in [0, 0.05) is 12.4 Å². The molecule has 18 heavy (non-hydrogen) atoms. The van der Waals surface area contributed by atoms with Gasteiger partial charge in [0.1, 0.15) is 5.92 Å². The van der Waals surface area contributed by atoms with Gasteiger partial charge in [-0.05, 0) is 17.7 Å². The van der Waals surface area contributed by atoms with E-state index >= 15 is 0 Å². The molecule has 0 aliphatic carbocycles. The Hall–Kier alpha value is -1.95. The molecule has 96 valence electrons. The van der Waals surface area contributed by atoms with Gasteiger partial charge < -0.3 is 15.2 Å². The maximum absolute atomic E-state index is 11.8. The maximum atomic E-state index is 11.8. The molecule has 1 amide bonds. The Balaban J connectivity index is 1.90. The predicted molar refractivity (Wildman–Crippen MR) is 61.8 cm³/mol. The highest BCUT2D eigenvalue weighted by Crippen LogP contribution is 2.14. The van der Waals surface area contributed by atoms with Crippen molar-refractivity contribution in [2.75, 3.05) is 13.2 Å². The van der Waals surface area contributed by atoms with Gasteiger partial charge >= 0.3 is 5.97 Å². The number of nitrogens with one attached hydrogen (secondary N) is 1. The molecule has 6 nitrogen and oxygen atoms in total. The van der Waals surface area contributed by atoms with E-state index in [0.717, 1.165) is 5.56 Å². The van der Waals surface area contributed by atoms with Crippen molar-refractivity contribution in [3.63, 3.8) is 0 Å². The second-order valence-electron chi connectivity index (χ2n) is 4.19. The zero-order chi connectivity index (χ0) is 13.0. The molecule has 2 atom stereocenters. The van der Waals surface area contributed by atoms with Crippen LogP contribution in [-0.4, -0.2) is 41.2 Å². The number of hydrogen-bond donors (Lipinski definition) is 2. The number of pyridine rings is 1. The summed E-state index contributed by atoms with van der Waals surface area (Å²) in [5, 5.41) is 11.6. The lowest BCUT2D eigenvalue weighted by molar-refractivity contribution is -0.142. The molecule has 1 aromatic heterocycles. The molecule has 2 unspecified atom stereocenters. The molecule has 1 aliphatic heterocycles. The third kappa shape index (κ3) is 3.04. The van der Waals surface area contributed by atoms with Gasteiger partial charge in [0.2, 0.25) is 5.91 Å². The Morgan fingerprint density at radius 2 is 2.11 bits per heavy atom. The molecule has 2 rings (SSSR count). The number of aromatic nitrogens is 1. The molecule has 2 heterocycles. The number of hydrogen-bond acceptors (Lipinski definition) is 4. The van der Waals surface area contributed by atoms with E-state index in [9.17, 15) is 9.59 Å². The number of carboxylic acids is 1. The molecule has 6 heteroatoms. The highest BCUT2D eigenvalue weighted by Gasteiger charge is 2.34. The molecular formula is C12H14N2O4. The van der Waals surface area contributed by atoms with Gasteiger partial charge in [0.15, 0.2) is 0 Å². The van der Waals surface area contributed by atoms with Crippen molar-refractivity contribution in [1.82, 2.24) is 10.3 Å². The van der Waals surface area contributed by atoms with Crippen LogP contribution in [0.2, 0.25) is 0 Å². The summed E-state index contributed by atoms with van der Waals surface area (Å²) in [5.74, 6) is -1.81. The predicted octanol–water partition coefficient (Wildman–Crippen LogP) is -0.160. The average Bonchev–Trinajstić information content (AvgIpc) is 2.78. The molecule has 1 aromatic rings. The van der Waals surface area contributed by atoms with Gasteiger partial charge in [-0.15, -0.1) is 0 Å². The lowest BCUT2D eigenvalue weighted by atomic mass is 10.0. The molecule has 2 N–H and O–H groups in total. The third-order valence-corrected chi connectivity index (χ3v) is 2.86. The largest absolute Gasteiger partial charge is 0.481 e. The fraction of sp³-hybridized carbons (Fsp3) is 0.417. The SMILES string of the molecule is O=C(Cc1ccncc1)NC1COCC1C(=O)O. The van der Waals surface area contributed by atoms with Gasteiger partial charge in [0.05, 0.1) is 25.7 Å². The summed E-state index contributed by atoms with van der Waals surface area (Å²) in [4.78, 5) is 26.5. The van der Waals surface area contributed by atoms with Gasteiger partial charge in [-0.25, -0.2) is 0 Å². The monoisotopic (exact) mass is 250 g/mol. The van der Waals surface area contributed by atoms with Gasteiger partial charge in [0.25, 0.3) is 0 Å². The molecule has 1 saturated heterocycles. The molecule has 0 saturated carbocycles. The smallest absolute Gasteiger partial charge is 0.311 e. The topological polar surface area (TPSA) is 88.5 Å². The van der Waals surface area contributed by atoms with Crippen LogP contribution in [0, 0.1) is 5.92 Å². The second kappa shape index (κ2) is 5.59. The second-order valence-corrected chi connectivity index (χ2v) is 4.19. The summed E-state index contributed by atoms with van der Waals surface area (Å²) in [6, 6.07) is 3.05. The highest BCUT2D eigenvalue weighted by atomic mass is 16.5. The molecule has 0 bridgehead atoms. The lowest BCUT2D eigenvalue weighted by Crippen LogP contribution is -2.43. The van der Waals surface area contributed by atoms with Crippen LogP contribution < -0.4 is 5.32 Å². The van der Waals surface area contributed by atoms with Crippen LogP contribution in [-0.2, 0) is 20.7 Å². The molecular weight excluding hydrogens is 236 g/mol. The van der Waals surface area contributed by atoms with Crippen molar-refractivity contribution in [1.29, 1.82) is 0 Å². The standard InChI is InChI=1S/C12H14N2O4/c15-11(5-8-1-3-13-4-2-8)14-10-7-18-6-9(10)12(16)17/h1-4,9-10H,5-7H2,(H,14,15)(H,16,17). The highest BCUT2D eigenvalue weighted by molar-refractivity contribution is 5.80. The first-order chi connectivity index (χ1) is 8.66. The van der Waals surface area contributed by atoms with E-state index in [4.69, 9.17) is 9.84 Å². The fourth-order valence-corrected chi connectivity index (χ4v) is 1.88. The summed E-state index contributed by atoms with van der Waals surface area (Å²) >= 11 is 0. The van der Waals surface area contributed by atoms with Crippen LogP contribution >= 0.6 is 0 Å². The first-order valence-corrected chi connectivity index (χ1v) is 5.65. The van der Waals surface area contributed by atoms with Crippen molar-refractivity contribution in [2.45, 2.75) is 12.5 Å². The molecule has 0 spiro atoms. The summed E-state index contributed by atoms with van der Waals surface area (Å²) < 4.78 is 5.08. The van der Waals surface area contributed by atoms with Crippen molar-refractivity contribution >= 4 is 11.9 Å². The summed E-state index contributed by atoms with van der Waals surface area (Å²) in [6.07, 6.45) is 3.44. The Morgan fingerprint density at radius 1 is 1.39 bits per heavy atom. The van der Waals surface area contributed by atoms with Crippen molar-refractivity contribution in [2.24, 2.45) is 5.92 Å². The number of aliphatic carboxylic acids is 1. The molecule has 0 radical (unpaired) electrons. The van der Waals surface area contributed by atoms with Crippen LogP contribution in [0.5, 0.6) is 0 Å². The van der Waals surface area contributed by atoms with Crippen molar-refractivity contribution < 1.29 is 19.4 Å². The minimum Gasteiger partial charge on any atom is -0.481 e. The van der Waals surface area contributed by atoms with E-state index in [-0.39, 0.29) is 25.5 Å². The van der Waals surface area contributed by atoms with Crippen LogP contribution in [0.4, 0.5) is 0 Å². The first-order valence-electron chi connectivity index (χ1n) is 5.65. The van der Waals surface area contributed by atoms with Crippen LogP contribution in [0.3, 0.4) is 0 Å². The number of ether oxygens (including phenoxy) is 1. The van der Waals surface area contributed by atoms with Crippen molar-refractivity contribution in [3.8, 4) is 0 Å². The lowest BCUT2D eigenvalue weighted by Gasteiger charge is -2.15. The maximum Gasteiger partial charge on any atom is 0.311 e. The van der Waals surface area contributed by atoms with E-state index in [1.54, 1.807) is 24.5 Å². The Kier molecular flexibility index (Phi) is 3.88. The number of rotatable bonds is 4. The van der Waals surface area contributed by atoms with E-state index in [0.29, 0.717) is 0 Å². The minimum atomic E-state index is -0.943. The Labute approximate surface area is 104 Å². The van der Waals surface area contributed by atoms with E-state index in [1.807, 2.05) is 0 Å². The number of amides is 1. The number of carboxylic acid groups (broad SMARTS) is 1. The van der Waals surface area contributed by atoms with E-state index in [1.165, 1.54) is 0 Å². The van der Waals surface area contributed by atoms with Gasteiger partial charge in [-0.1, -0.05) is 0 Å². The van der Waals surface area contributed by atoms with E-state index < -0.39 is 17.9 Å². The fourth-order valence-electron chi connectivity index (χ4n) is 1.88. The van der Waals surface area contributed by atoms with Crippen LogP contribution in [0.25, 0.3) is 0 Å². The molecule has 0 aromatic carbocycles.